The van der Waals surface area contributed by atoms with E-state index in [0.717, 1.165) is 64.4 Å². The van der Waals surface area contributed by atoms with Gasteiger partial charge < -0.3 is 39.8 Å². The summed E-state index contributed by atoms with van der Waals surface area (Å²) < 4.78 is 12.2. The number of ether oxygens (including phenoxy) is 2. The van der Waals surface area contributed by atoms with E-state index in [1.807, 2.05) is 12.3 Å². The number of likely N-dealkylation sites (N-methyl/N-ethyl adjacent to an activating group) is 1. The molecule has 1 spiro atoms. The number of piperidine rings is 1. The van der Waals surface area contributed by atoms with Gasteiger partial charge >= 0.3 is 0 Å². The highest BCUT2D eigenvalue weighted by Crippen LogP contribution is 2.33. The second kappa shape index (κ2) is 17.5. The Balaban J connectivity index is 0.852. The van der Waals surface area contributed by atoms with Gasteiger partial charge in [0.15, 0.2) is 0 Å². The minimum Gasteiger partial charge on any atom is -0.506 e. The van der Waals surface area contributed by atoms with Crippen molar-refractivity contribution in [1.29, 1.82) is 0 Å². The van der Waals surface area contributed by atoms with Crippen LogP contribution in [0, 0.1) is 6.92 Å². The van der Waals surface area contributed by atoms with E-state index in [0.29, 0.717) is 49.2 Å². The van der Waals surface area contributed by atoms with Crippen molar-refractivity contribution in [2.24, 2.45) is 0 Å². The Labute approximate surface area is 305 Å². The summed E-state index contributed by atoms with van der Waals surface area (Å²) in [6, 6.07) is 19.0. The van der Waals surface area contributed by atoms with E-state index in [9.17, 15) is 19.8 Å². The smallest absolute Gasteiger partial charge is 0.248 e. The first-order valence-electron chi connectivity index (χ1n) is 18.4. The largest absolute Gasteiger partial charge is 0.506 e. The first kappa shape index (κ1) is 37.4. The van der Waals surface area contributed by atoms with Gasteiger partial charge in [0.2, 0.25) is 11.5 Å². The number of aromatic amines is 1. The number of H-pyrrole nitrogens is 1. The average Bonchev–Trinajstić information content (AvgIpc) is 3.14. The molecule has 12 nitrogen and oxygen atoms in total. The average molecular weight is 713 g/mol. The lowest BCUT2D eigenvalue weighted by molar-refractivity contribution is -0.131. The van der Waals surface area contributed by atoms with Crippen molar-refractivity contribution < 1.29 is 24.5 Å². The number of likely N-dealkylation sites (tertiary alicyclic amines) is 1. The number of aryl methyl sites for hydroxylation is 1. The Morgan fingerprint density at radius 2 is 1.92 bits per heavy atom. The zero-order valence-corrected chi connectivity index (χ0v) is 30.4. The minimum absolute atomic E-state index is 0.000644. The van der Waals surface area contributed by atoms with Gasteiger partial charge in [-0.3, -0.25) is 14.5 Å². The number of carbonyl (C=O) groups is 1. The summed E-state index contributed by atoms with van der Waals surface area (Å²) >= 11 is 0. The molecule has 4 aromatic rings. The maximum Gasteiger partial charge on any atom is 0.248 e. The third-order valence-corrected chi connectivity index (χ3v) is 10.3. The zero-order valence-electron chi connectivity index (χ0n) is 30.4. The second-order valence-corrected chi connectivity index (χ2v) is 14.2. The molecule has 0 aliphatic carbocycles. The predicted molar refractivity (Wildman–Crippen MR) is 202 cm³/mol. The first-order chi connectivity index (χ1) is 25.2. The molecule has 0 bridgehead atoms. The Hall–Kier alpha value is -4.33. The number of anilines is 1. The molecule has 12 heteroatoms. The molecule has 1 atom stereocenters. The van der Waals surface area contributed by atoms with Crippen LogP contribution in [0.15, 0.2) is 71.7 Å². The number of aromatic nitrogens is 2. The Kier molecular flexibility index (Phi) is 12.6. The molecule has 4 heterocycles. The van der Waals surface area contributed by atoms with Crippen LogP contribution in [0.4, 0.5) is 5.82 Å². The summed E-state index contributed by atoms with van der Waals surface area (Å²) in [5, 5.41) is 24.6. The number of nitrogens with one attached hydrogen (secondary N) is 2. The standard InChI is InChI=1S/C40H52N6O6/c1-29-10-15-42-36(24-29)46-20-23-52-40(28-46)13-17-45(18-14-40)27-31-5-3-4-30(25-31)11-21-51-22-12-38(50)44(2)19-16-41-26-35(48)32-6-8-34(47)39-33(32)7-9-37(49)43-39/h3-10,15,24-25,35,41,47-48H,11-14,16-23,26-28H2,1-2H3,(H,43,49)/t35-/m0/s1. The SMILES string of the molecule is Cc1ccnc(N2CCOC3(CCN(Cc4cccc(CCOCCC(=O)N(C)CCNC[C@H](O)c5ccc(O)c6[nH]c(=O)ccc56)c4)CC3)C2)c1. The number of hydrogen-bond donors (Lipinski definition) is 4. The number of aliphatic hydroxyl groups is 1. The topological polar surface area (TPSA) is 143 Å². The van der Waals surface area contributed by atoms with E-state index in [1.165, 1.54) is 28.8 Å². The summed E-state index contributed by atoms with van der Waals surface area (Å²) in [6.07, 6.45) is 4.16. The van der Waals surface area contributed by atoms with Crippen LogP contribution < -0.4 is 15.8 Å². The van der Waals surface area contributed by atoms with E-state index in [2.05, 4.69) is 62.3 Å². The number of phenolic OH excluding ortho intramolecular Hbond substituents is 1. The highest BCUT2D eigenvalue weighted by atomic mass is 16.5. The molecular formula is C40H52N6O6. The van der Waals surface area contributed by atoms with E-state index in [-0.39, 0.29) is 29.4 Å². The first-order valence-corrected chi connectivity index (χ1v) is 18.4. The maximum absolute atomic E-state index is 12.7. The summed E-state index contributed by atoms with van der Waals surface area (Å²) in [5.41, 5.74) is 4.22. The van der Waals surface area contributed by atoms with Crippen LogP contribution >= 0.6 is 0 Å². The molecule has 4 N–H and O–H groups in total. The van der Waals surface area contributed by atoms with Crippen molar-refractivity contribution in [2.45, 2.75) is 50.9 Å². The van der Waals surface area contributed by atoms with Crippen molar-refractivity contribution in [3.05, 3.63) is 99.5 Å². The number of fused-ring (bicyclic) bond motifs is 1. The van der Waals surface area contributed by atoms with Crippen molar-refractivity contribution >= 4 is 22.6 Å². The van der Waals surface area contributed by atoms with Gasteiger partial charge in [0, 0.05) is 77.1 Å². The summed E-state index contributed by atoms with van der Waals surface area (Å²) in [6.45, 7) is 9.70. The molecule has 278 valence electrons. The molecule has 0 radical (unpaired) electrons. The second-order valence-electron chi connectivity index (χ2n) is 14.2. The number of nitrogens with zero attached hydrogens (tertiary/aromatic N) is 4. The fraction of sp³-hybridized carbons (Fsp3) is 0.475. The van der Waals surface area contributed by atoms with E-state index in [1.54, 1.807) is 24.1 Å². The zero-order chi connectivity index (χ0) is 36.5. The third kappa shape index (κ3) is 9.75. The Bertz CT molecular complexity index is 1860. The number of pyridine rings is 2. The summed E-state index contributed by atoms with van der Waals surface area (Å²) in [5.74, 6) is 0.998. The summed E-state index contributed by atoms with van der Waals surface area (Å²) in [4.78, 5) is 38.1. The molecule has 6 rings (SSSR count). The number of aromatic hydroxyl groups is 1. The predicted octanol–water partition coefficient (Wildman–Crippen LogP) is 3.54. The Morgan fingerprint density at radius 1 is 1.10 bits per heavy atom. The van der Waals surface area contributed by atoms with Crippen molar-refractivity contribution in [2.75, 3.05) is 77.6 Å². The van der Waals surface area contributed by atoms with Gasteiger partial charge in [0.05, 0.1) is 43.5 Å². The highest BCUT2D eigenvalue weighted by molar-refractivity contribution is 5.87. The molecule has 2 aliphatic heterocycles. The van der Waals surface area contributed by atoms with Crippen LogP contribution in [0.5, 0.6) is 5.75 Å². The lowest BCUT2D eigenvalue weighted by Gasteiger charge is -2.47. The van der Waals surface area contributed by atoms with Gasteiger partial charge in [0.1, 0.15) is 11.6 Å². The molecule has 2 fully saturated rings. The normalized spacial score (nSPS) is 16.7. The van der Waals surface area contributed by atoms with Gasteiger partial charge in [0.25, 0.3) is 0 Å². The number of amides is 1. The van der Waals surface area contributed by atoms with Crippen LogP contribution in [0.1, 0.15) is 47.6 Å². The fourth-order valence-electron chi connectivity index (χ4n) is 7.21. The highest BCUT2D eigenvalue weighted by Gasteiger charge is 2.40. The van der Waals surface area contributed by atoms with E-state index >= 15 is 0 Å². The number of morpholine rings is 1. The molecule has 2 aromatic carbocycles. The van der Waals surface area contributed by atoms with Gasteiger partial charge in [-0.05, 0) is 72.7 Å². The molecule has 1 amide bonds. The number of carbonyl (C=O) groups excluding carboxylic acids is 1. The number of phenols is 1. The van der Waals surface area contributed by atoms with Gasteiger partial charge in [-0.25, -0.2) is 4.98 Å². The molecule has 2 saturated heterocycles. The number of hydrogen-bond acceptors (Lipinski definition) is 10. The van der Waals surface area contributed by atoms with Gasteiger partial charge in [-0.1, -0.05) is 30.3 Å². The lowest BCUT2D eigenvalue weighted by atomic mass is 9.89. The number of benzene rings is 2. The third-order valence-electron chi connectivity index (χ3n) is 10.3. The van der Waals surface area contributed by atoms with Gasteiger partial charge in [-0.15, -0.1) is 0 Å². The molecule has 2 aliphatic rings. The van der Waals surface area contributed by atoms with E-state index < -0.39 is 6.10 Å². The van der Waals surface area contributed by atoms with Crippen molar-refractivity contribution in [1.82, 2.24) is 25.1 Å². The molecule has 0 unspecified atom stereocenters. The molecule has 2 aromatic heterocycles. The monoisotopic (exact) mass is 712 g/mol. The van der Waals surface area contributed by atoms with Crippen LogP contribution in [-0.4, -0.2) is 114 Å². The quantitative estimate of drug-likeness (QED) is 0.135. The van der Waals surface area contributed by atoms with Crippen LogP contribution in [0.3, 0.4) is 0 Å². The minimum atomic E-state index is -0.854. The van der Waals surface area contributed by atoms with Gasteiger partial charge in [-0.2, -0.15) is 0 Å². The molecule has 52 heavy (non-hydrogen) atoms. The number of aliphatic hydroxyl groups excluding tert-OH is 1. The number of rotatable bonds is 15. The van der Waals surface area contributed by atoms with Crippen LogP contribution in [0.2, 0.25) is 0 Å². The van der Waals surface area contributed by atoms with Crippen molar-refractivity contribution in [3.63, 3.8) is 0 Å². The summed E-state index contributed by atoms with van der Waals surface area (Å²) in [7, 11) is 1.76. The maximum atomic E-state index is 12.7. The molecular weight excluding hydrogens is 660 g/mol. The van der Waals surface area contributed by atoms with E-state index in [4.69, 9.17) is 9.47 Å². The van der Waals surface area contributed by atoms with Crippen LogP contribution in [0.25, 0.3) is 10.9 Å². The van der Waals surface area contributed by atoms with Crippen molar-refractivity contribution in [3.8, 4) is 5.75 Å². The lowest BCUT2D eigenvalue weighted by Crippen LogP contribution is -2.57. The van der Waals surface area contributed by atoms with Crippen LogP contribution in [-0.2, 0) is 27.2 Å². The Morgan fingerprint density at radius 3 is 2.75 bits per heavy atom. The molecule has 0 saturated carbocycles. The fourth-order valence-corrected chi connectivity index (χ4v) is 7.21.